The van der Waals surface area contributed by atoms with E-state index in [1.807, 2.05) is 0 Å². The molecule has 1 atom stereocenters. The minimum absolute atomic E-state index is 0.188. The first-order chi connectivity index (χ1) is 6.18. The van der Waals surface area contributed by atoms with Crippen LogP contribution in [-0.4, -0.2) is 23.5 Å². The average molecular weight is 181 g/mol. The zero-order valence-electron chi connectivity index (χ0n) is 6.77. The molecule has 0 saturated carbocycles. The zero-order valence-corrected chi connectivity index (χ0v) is 6.77. The molecule has 1 amide bonds. The second kappa shape index (κ2) is 2.77. The van der Waals surface area contributed by atoms with Crippen molar-refractivity contribution >= 4 is 11.6 Å². The number of halogens is 1. The van der Waals surface area contributed by atoms with Crippen molar-refractivity contribution < 1.29 is 9.18 Å². The molecule has 2 rings (SSSR count). The van der Waals surface area contributed by atoms with Gasteiger partial charge in [-0.1, -0.05) is 0 Å². The Labute approximate surface area is 74.2 Å². The van der Waals surface area contributed by atoms with Crippen LogP contribution < -0.4 is 10.6 Å². The lowest BCUT2D eigenvalue weighted by Crippen LogP contribution is -2.61. The van der Waals surface area contributed by atoms with E-state index in [1.54, 1.807) is 0 Å². The van der Waals surface area contributed by atoms with Gasteiger partial charge in [0, 0.05) is 6.07 Å². The van der Waals surface area contributed by atoms with E-state index in [0.717, 1.165) is 6.20 Å². The first-order valence-electron chi connectivity index (χ1n) is 3.86. The highest BCUT2D eigenvalue weighted by Crippen LogP contribution is 2.20. The molecule has 0 bridgehead atoms. The Morgan fingerprint density at radius 1 is 1.62 bits per heavy atom. The van der Waals surface area contributed by atoms with Crippen molar-refractivity contribution in [1.29, 1.82) is 0 Å². The lowest BCUT2D eigenvalue weighted by atomic mass is 10.1. The molecule has 1 saturated heterocycles. The van der Waals surface area contributed by atoms with Crippen molar-refractivity contribution in [3.63, 3.8) is 0 Å². The molecule has 4 nitrogen and oxygen atoms in total. The lowest BCUT2D eigenvalue weighted by molar-refractivity contribution is -0.123. The summed E-state index contributed by atoms with van der Waals surface area (Å²) in [6.07, 6.45) is 2.53. The van der Waals surface area contributed by atoms with E-state index in [4.69, 9.17) is 5.73 Å². The zero-order chi connectivity index (χ0) is 9.42. The van der Waals surface area contributed by atoms with Gasteiger partial charge in [-0.25, -0.2) is 4.39 Å². The summed E-state index contributed by atoms with van der Waals surface area (Å²) < 4.78 is 12.7. The van der Waals surface area contributed by atoms with Gasteiger partial charge in [-0.3, -0.25) is 9.78 Å². The largest absolute Gasteiger partial charge is 0.318 e. The van der Waals surface area contributed by atoms with Crippen LogP contribution in [0.5, 0.6) is 0 Å². The highest BCUT2D eigenvalue weighted by molar-refractivity contribution is 6.03. The molecule has 1 aromatic heterocycles. The number of amides is 1. The Morgan fingerprint density at radius 3 is 2.92 bits per heavy atom. The summed E-state index contributed by atoms with van der Waals surface area (Å²) in [4.78, 5) is 16.2. The molecular formula is C8H8FN3O. The third-order valence-corrected chi connectivity index (χ3v) is 1.96. The van der Waals surface area contributed by atoms with Crippen LogP contribution in [0.2, 0.25) is 0 Å². The van der Waals surface area contributed by atoms with Gasteiger partial charge < -0.3 is 10.6 Å². The number of carbonyl (C=O) groups excluding carboxylic acids is 1. The number of pyridine rings is 1. The summed E-state index contributed by atoms with van der Waals surface area (Å²) >= 11 is 0. The minimum Gasteiger partial charge on any atom is -0.318 e. The molecule has 2 heterocycles. The Kier molecular flexibility index (Phi) is 1.73. The molecule has 1 aliphatic heterocycles. The molecule has 2 N–H and O–H groups in total. The molecule has 5 heteroatoms. The highest BCUT2D eigenvalue weighted by Gasteiger charge is 2.34. The number of nitrogens with two attached hydrogens (primary N) is 1. The van der Waals surface area contributed by atoms with E-state index in [2.05, 4.69) is 4.98 Å². The molecule has 1 fully saturated rings. The summed E-state index contributed by atoms with van der Waals surface area (Å²) in [6.45, 7) is 0.434. The standard InChI is InChI=1S/C8H8FN3O/c9-5-1-6(3-11-2-5)12-4-7(10)8(12)13/h1-3,7H,4,10H2. The van der Waals surface area contributed by atoms with E-state index in [1.165, 1.54) is 17.2 Å². The van der Waals surface area contributed by atoms with Crippen molar-refractivity contribution in [2.45, 2.75) is 6.04 Å². The number of β-lactam (4-membered cyclic amide) rings is 1. The third kappa shape index (κ3) is 1.27. The van der Waals surface area contributed by atoms with Gasteiger partial charge in [-0.15, -0.1) is 0 Å². The second-order valence-electron chi connectivity index (χ2n) is 2.92. The van der Waals surface area contributed by atoms with Crippen LogP contribution in [0.4, 0.5) is 10.1 Å². The first kappa shape index (κ1) is 8.12. The van der Waals surface area contributed by atoms with Crippen LogP contribution in [0, 0.1) is 5.82 Å². The normalized spacial score (nSPS) is 21.5. The maximum atomic E-state index is 12.7. The van der Waals surface area contributed by atoms with Crippen LogP contribution in [0.3, 0.4) is 0 Å². The van der Waals surface area contributed by atoms with Crippen molar-refractivity contribution in [3.8, 4) is 0 Å². The Hall–Kier alpha value is -1.49. The number of nitrogens with zero attached hydrogens (tertiary/aromatic N) is 2. The predicted octanol–water partition coefficient (Wildman–Crippen LogP) is -0.105. The molecule has 1 aliphatic rings. The molecule has 0 aromatic carbocycles. The number of hydrogen-bond donors (Lipinski definition) is 1. The van der Waals surface area contributed by atoms with Gasteiger partial charge in [0.05, 0.1) is 24.6 Å². The van der Waals surface area contributed by atoms with Crippen molar-refractivity contribution in [2.75, 3.05) is 11.4 Å². The molecular weight excluding hydrogens is 173 g/mol. The van der Waals surface area contributed by atoms with Gasteiger partial charge in [0.2, 0.25) is 5.91 Å². The van der Waals surface area contributed by atoms with Gasteiger partial charge in [0.15, 0.2) is 0 Å². The topological polar surface area (TPSA) is 59.2 Å². The Balaban J connectivity index is 2.23. The Bertz CT molecular complexity index is 355. The van der Waals surface area contributed by atoms with Crippen molar-refractivity contribution in [3.05, 3.63) is 24.3 Å². The summed E-state index contributed by atoms with van der Waals surface area (Å²) in [7, 11) is 0. The van der Waals surface area contributed by atoms with Crippen molar-refractivity contribution in [1.82, 2.24) is 4.98 Å². The second-order valence-corrected chi connectivity index (χ2v) is 2.92. The van der Waals surface area contributed by atoms with Gasteiger partial charge in [-0.2, -0.15) is 0 Å². The summed E-state index contributed by atoms with van der Waals surface area (Å²) in [6, 6.07) is 0.819. The van der Waals surface area contributed by atoms with Crippen molar-refractivity contribution in [2.24, 2.45) is 5.73 Å². The number of carbonyl (C=O) groups is 1. The van der Waals surface area contributed by atoms with Crippen LogP contribution >= 0.6 is 0 Å². The quantitative estimate of drug-likeness (QED) is 0.615. The minimum atomic E-state index is -0.453. The molecule has 1 unspecified atom stereocenters. The fourth-order valence-corrected chi connectivity index (χ4v) is 1.23. The SMILES string of the molecule is NC1CN(c2cncc(F)c2)C1=O. The van der Waals surface area contributed by atoms with Gasteiger partial charge in [0.1, 0.15) is 11.9 Å². The lowest BCUT2D eigenvalue weighted by Gasteiger charge is -2.35. The number of hydrogen-bond acceptors (Lipinski definition) is 3. The Morgan fingerprint density at radius 2 is 2.38 bits per heavy atom. The van der Waals surface area contributed by atoms with Gasteiger partial charge >= 0.3 is 0 Å². The summed E-state index contributed by atoms with van der Waals surface area (Å²) in [5.41, 5.74) is 5.85. The molecule has 1 aromatic rings. The number of rotatable bonds is 1. The van der Waals surface area contributed by atoms with Crippen LogP contribution in [0.1, 0.15) is 0 Å². The molecule has 68 valence electrons. The fraction of sp³-hybridized carbons (Fsp3) is 0.250. The van der Waals surface area contributed by atoms with E-state index in [0.29, 0.717) is 12.2 Å². The molecule has 13 heavy (non-hydrogen) atoms. The maximum Gasteiger partial charge on any atom is 0.245 e. The van der Waals surface area contributed by atoms with E-state index in [9.17, 15) is 9.18 Å². The van der Waals surface area contributed by atoms with E-state index in [-0.39, 0.29) is 5.91 Å². The monoisotopic (exact) mass is 181 g/mol. The van der Waals surface area contributed by atoms with Crippen LogP contribution in [0.25, 0.3) is 0 Å². The van der Waals surface area contributed by atoms with Crippen LogP contribution in [-0.2, 0) is 4.79 Å². The first-order valence-corrected chi connectivity index (χ1v) is 3.86. The van der Waals surface area contributed by atoms with E-state index < -0.39 is 11.9 Å². The predicted molar refractivity (Wildman–Crippen MR) is 44.5 cm³/mol. The highest BCUT2D eigenvalue weighted by atomic mass is 19.1. The van der Waals surface area contributed by atoms with E-state index >= 15 is 0 Å². The number of anilines is 1. The molecule has 0 radical (unpaired) electrons. The number of aromatic nitrogens is 1. The summed E-state index contributed by atoms with van der Waals surface area (Å²) in [5, 5.41) is 0. The van der Waals surface area contributed by atoms with Gasteiger partial charge in [0.25, 0.3) is 0 Å². The smallest absolute Gasteiger partial charge is 0.245 e. The third-order valence-electron chi connectivity index (χ3n) is 1.96. The average Bonchev–Trinajstić information content (AvgIpc) is 2.13. The maximum absolute atomic E-state index is 12.7. The molecule has 0 aliphatic carbocycles. The van der Waals surface area contributed by atoms with Gasteiger partial charge in [-0.05, 0) is 0 Å². The fourth-order valence-electron chi connectivity index (χ4n) is 1.23. The van der Waals surface area contributed by atoms with Crippen LogP contribution in [0.15, 0.2) is 18.5 Å². The molecule has 0 spiro atoms. The summed E-state index contributed by atoms with van der Waals surface area (Å²) in [5.74, 6) is -0.641.